The standard InChI is InChI=1S/C16H16F2N2O/c1-9(2)10-5-3-4-6-15(10)20-16(21)11-7-14(19)13(18)8-12(11)17/h3-9H,19H2,1-2H3,(H,20,21). The first kappa shape index (κ1) is 15.0. The van der Waals surface area contributed by atoms with Gasteiger partial charge in [0.15, 0.2) is 0 Å². The minimum Gasteiger partial charge on any atom is -0.396 e. The molecule has 0 unspecified atom stereocenters. The summed E-state index contributed by atoms with van der Waals surface area (Å²) in [4.78, 5) is 12.1. The Morgan fingerprint density at radius 3 is 2.48 bits per heavy atom. The van der Waals surface area contributed by atoms with Crippen LogP contribution in [0.25, 0.3) is 0 Å². The van der Waals surface area contributed by atoms with E-state index >= 15 is 0 Å². The number of amides is 1. The average molecular weight is 290 g/mol. The second-order valence-electron chi connectivity index (χ2n) is 5.05. The SMILES string of the molecule is CC(C)c1ccccc1NC(=O)c1cc(N)c(F)cc1F. The van der Waals surface area contributed by atoms with E-state index in [2.05, 4.69) is 5.32 Å². The number of hydrogen-bond acceptors (Lipinski definition) is 2. The van der Waals surface area contributed by atoms with Gasteiger partial charge in [0.05, 0.1) is 11.3 Å². The highest BCUT2D eigenvalue weighted by Crippen LogP contribution is 2.25. The third-order valence-electron chi connectivity index (χ3n) is 3.16. The van der Waals surface area contributed by atoms with Crippen molar-refractivity contribution in [2.45, 2.75) is 19.8 Å². The Kier molecular flexibility index (Phi) is 4.21. The van der Waals surface area contributed by atoms with E-state index < -0.39 is 17.5 Å². The number of rotatable bonds is 3. The smallest absolute Gasteiger partial charge is 0.258 e. The number of carbonyl (C=O) groups is 1. The molecule has 2 aromatic carbocycles. The van der Waals surface area contributed by atoms with Gasteiger partial charge in [-0.15, -0.1) is 0 Å². The molecule has 0 saturated heterocycles. The van der Waals surface area contributed by atoms with Crippen LogP contribution in [0.15, 0.2) is 36.4 Å². The highest BCUT2D eigenvalue weighted by Gasteiger charge is 2.16. The van der Waals surface area contributed by atoms with Crippen molar-refractivity contribution in [2.75, 3.05) is 11.1 Å². The van der Waals surface area contributed by atoms with Gasteiger partial charge in [-0.25, -0.2) is 8.78 Å². The van der Waals surface area contributed by atoms with Crippen LogP contribution in [0, 0.1) is 11.6 Å². The fourth-order valence-corrected chi connectivity index (χ4v) is 2.04. The van der Waals surface area contributed by atoms with Crippen molar-refractivity contribution in [1.29, 1.82) is 0 Å². The second-order valence-corrected chi connectivity index (χ2v) is 5.05. The van der Waals surface area contributed by atoms with Crippen molar-refractivity contribution in [1.82, 2.24) is 0 Å². The van der Waals surface area contributed by atoms with Crippen molar-refractivity contribution in [3.63, 3.8) is 0 Å². The maximum atomic E-state index is 13.7. The molecule has 0 aliphatic rings. The van der Waals surface area contributed by atoms with Crippen LogP contribution in [0.5, 0.6) is 0 Å². The van der Waals surface area contributed by atoms with E-state index in [1.165, 1.54) is 0 Å². The number of hydrogen-bond donors (Lipinski definition) is 2. The molecule has 0 fully saturated rings. The lowest BCUT2D eigenvalue weighted by molar-refractivity contribution is 0.102. The van der Waals surface area contributed by atoms with Gasteiger partial charge in [-0.05, 0) is 23.6 Å². The summed E-state index contributed by atoms with van der Waals surface area (Å²) in [7, 11) is 0. The van der Waals surface area contributed by atoms with Crippen LogP contribution >= 0.6 is 0 Å². The molecule has 110 valence electrons. The van der Waals surface area contributed by atoms with Crippen molar-refractivity contribution in [3.8, 4) is 0 Å². The minimum absolute atomic E-state index is 0.199. The first-order valence-corrected chi connectivity index (χ1v) is 6.55. The second kappa shape index (κ2) is 5.91. The number of nitrogens with two attached hydrogens (primary N) is 1. The van der Waals surface area contributed by atoms with Gasteiger partial charge in [0, 0.05) is 11.8 Å². The van der Waals surface area contributed by atoms with Crippen LogP contribution in [0.1, 0.15) is 35.7 Å². The predicted molar refractivity (Wildman–Crippen MR) is 79.3 cm³/mol. The van der Waals surface area contributed by atoms with E-state index in [-0.39, 0.29) is 17.2 Å². The third-order valence-corrected chi connectivity index (χ3v) is 3.16. The molecule has 0 saturated carbocycles. The summed E-state index contributed by atoms with van der Waals surface area (Å²) in [6, 6.07) is 8.86. The van der Waals surface area contributed by atoms with Gasteiger partial charge in [-0.1, -0.05) is 32.0 Å². The molecule has 5 heteroatoms. The zero-order chi connectivity index (χ0) is 15.6. The molecule has 1 amide bonds. The summed E-state index contributed by atoms with van der Waals surface area (Å²) >= 11 is 0. The Morgan fingerprint density at radius 1 is 1.14 bits per heavy atom. The highest BCUT2D eigenvalue weighted by molar-refractivity contribution is 6.05. The fraction of sp³-hybridized carbons (Fsp3) is 0.188. The van der Waals surface area contributed by atoms with Gasteiger partial charge in [0.2, 0.25) is 0 Å². The van der Waals surface area contributed by atoms with Crippen molar-refractivity contribution in [3.05, 3.63) is 59.2 Å². The van der Waals surface area contributed by atoms with E-state index in [0.717, 1.165) is 11.6 Å². The molecule has 21 heavy (non-hydrogen) atoms. The quantitative estimate of drug-likeness (QED) is 0.842. The Labute approximate surface area is 121 Å². The number of halogens is 2. The van der Waals surface area contributed by atoms with Crippen molar-refractivity contribution in [2.24, 2.45) is 0 Å². The molecule has 0 aromatic heterocycles. The summed E-state index contributed by atoms with van der Waals surface area (Å²) in [6.07, 6.45) is 0. The number of carbonyl (C=O) groups excluding carboxylic acids is 1. The van der Waals surface area contributed by atoms with Gasteiger partial charge in [-0.3, -0.25) is 4.79 Å². The maximum Gasteiger partial charge on any atom is 0.258 e. The molecular formula is C16H16F2N2O. The molecule has 0 aliphatic carbocycles. The van der Waals surface area contributed by atoms with Crippen LogP contribution in [0.2, 0.25) is 0 Å². The number of anilines is 2. The van der Waals surface area contributed by atoms with E-state index in [9.17, 15) is 13.6 Å². The molecule has 3 nitrogen and oxygen atoms in total. The lowest BCUT2D eigenvalue weighted by atomic mass is 10.0. The topological polar surface area (TPSA) is 55.1 Å². The minimum atomic E-state index is -0.943. The Balaban J connectivity index is 2.33. The Bertz CT molecular complexity index is 684. The number of nitrogen functional groups attached to an aromatic ring is 1. The molecule has 0 heterocycles. The molecule has 0 atom stereocenters. The Morgan fingerprint density at radius 2 is 1.81 bits per heavy atom. The lowest BCUT2D eigenvalue weighted by Crippen LogP contribution is -2.16. The fourth-order valence-electron chi connectivity index (χ4n) is 2.04. The van der Waals surface area contributed by atoms with E-state index in [0.29, 0.717) is 11.8 Å². The number of para-hydroxylation sites is 1. The van der Waals surface area contributed by atoms with Gasteiger partial charge in [0.1, 0.15) is 11.6 Å². The maximum absolute atomic E-state index is 13.7. The first-order valence-electron chi connectivity index (χ1n) is 6.55. The third kappa shape index (κ3) is 3.18. The molecule has 0 radical (unpaired) electrons. The zero-order valence-electron chi connectivity index (χ0n) is 11.8. The van der Waals surface area contributed by atoms with Gasteiger partial charge in [0.25, 0.3) is 5.91 Å². The molecule has 0 spiro atoms. The highest BCUT2D eigenvalue weighted by atomic mass is 19.1. The van der Waals surface area contributed by atoms with Crippen LogP contribution in [0.3, 0.4) is 0 Å². The van der Waals surface area contributed by atoms with Crippen LogP contribution in [0.4, 0.5) is 20.2 Å². The van der Waals surface area contributed by atoms with E-state index in [4.69, 9.17) is 5.73 Å². The molecule has 0 bridgehead atoms. The zero-order valence-corrected chi connectivity index (χ0v) is 11.8. The first-order chi connectivity index (χ1) is 9.90. The Hall–Kier alpha value is -2.43. The molecule has 2 aromatic rings. The van der Waals surface area contributed by atoms with Crippen LogP contribution in [-0.4, -0.2) is 5.91 Å². The normalized spacial score (nSPS) is 10.7. The van der Waals surface area contributed by atoms with Crippen molar-refractivity contribution < 1.29 is 13.6 Å². The summed E-state index contributed by atoms with van der Waals surface area (Å²) in [6.45, 7) is 3.98. The number of nitrogens with one attached hydrogen (secondary N) is 1. The summed E-state index contributed by atoms with van der Waals surface area (Å²) in [5.41, 5.74) is 6.36. The summed E-state index contributed by atoms with van der Waals surface area (Å²) in [5.74, 6) is -2.29. The molecule has 3 N–H and O–H groups in total. The predicted octanol–water partition coefficient (Wildman–Crippen LogP) is 3.92. The van der Waals surface area contributed by atoms with Gasteiger partial charge < -0.3 is 11.1 Å². The average Bonchev–Trinajstić information content (AvgIpc) is 2.43. The summed E-state index contributed by atoms with van der Waals surface area (Å²) in [5, 5.41) is 2.64. The molecule has 0 aliphatic heterocycles. The molecule has 2 rings (SSSR count). The largest absolute Gasteiger partial charge is 0.396 e. The number of benzene rings is 2. The van der Waals surface area contributed by atoms with Gasteiger partial charge >= 0.3 is 0 Å². The lowest BCUT2D eigenvalue weighted by Gasteiger charge is -2.14. The van der Waals surface area contributed by atoms with Crippen LogP contribution < -0.4 is 11.1 Å². The van der Waals surface area contributed by atoms with E-state index in [1.807, 2.05) is 26.0 Å². The summed E-state index contributed by atoms with van der Waals surface area (Å²) < 4.78 is 26.8. The van der Waals surface area contributed by atoms with E-state index in [1.54, 1.807) is 12.1 Å². The van der Waals surface area contributed by atoms with Crippen molar-refractivity contribution >= 4 is 17.3 Å². The van der Waals surface area contributed by atoms with Crippen LogP contribution in [-0.2, 0) is 0 Å². The monoisotopic (exact) mass is 290 g/mol. The van der Waals surface area contributed by atoms with Gasteiger partial charge in [-0.2, -0.15) is 0 Å². The molecular weight excluding hydrogens is 274 g/mol.